The van der Waals surface area contributed by atoms with Crippen molar-refractivity contribution in [2.45, 2.75) is 0 Å². The summed E-state index contributed by atoms with van der Waals surface area (Å²) >= 11 is 0. The van der Waals surface area contributed by atoms with Crippen LogP contribution in [0.25, 0.3) is 0 Å². The fourth-order valence-corrected chi connectivity index (χ4v) is 1.08. The maximum absolute atomic E-state index is 12.5. The monoisotopic (exact) mass is 159 g/mol. The first-order chi connectivity index (χ1) is 4.72. The molecule has 4 heteroatoms. The van der Waals surface area contributed by atoms with Crippen molar-refractivity contribution >= 4 is 13.3 Å². The number of rotatable bonds is 1. The largest absolute Gasteiger partial charge is 0.549 e. The average Bonchev–Trinajstić information content (AvgIpc) is 1.88. The zero-order valence-electron chi connectivity index (χ0n) is 4.99. The molecule has 2 nitrogen and oxygen atoms in total. The smallest absolute Gasteiger partial charge is 0.202 e. The third kappa shape index (κ3) is 1.38. The first-order valence-corrected chi connectivity index (χ1v) is 3.83. The normalized spacial score (nSPS) is 11.2. The lowest BCUT2D eigenvalue weighted by Gasteiger charge is -1.83. The minimum absolute atomic E-state index is 0.141. The molecule has 0 aromatic heterocycles. The van der Waals surface area contributed by atoms with E-state index in [1.54, 1.807) is 0 Å². The summed E-state index contributed by atoms with van der Waals surface area (Å²) < 4.78 is 22.8. The van der Waals surface area contributed by atoms with Crippen LogP contribution in [-0.2, 0) is 4.57 Å². The second kappa shape index (κ2) is 2.86. The molecule has 0 fully saturated rings. The van der Waals surface area contributed by atoms with Crippen molar-refractivity contribution in [2.24, 2.45) is 0 Å². The molecule has 0 aliphatic carbocycles. The highest BCUT2D eigenvalue weighted by Crippen LogP contribution is 2.14. The summed E-state index contributed by atoms with van der Waals surface area (Å²) in [4.78, 5) is 8.47. The summed E-state index contributed by atoms with van der Waals surface area (Å²) in [5, 5.41) is -0.141. The Morgan fingerprint density at radius 3 is 2.40 bits per heavy atom. The zero-order valence-corrected chi connectivity index (χ0v) is 5.88. The number of hydrogen-bond donors (Lipinski definition) is 1. The van der Waals surface area contributed by atoms with Crippen molar-refractivity contribution in [3.63, 3.8) is 0 Å². The molecule has 0 heterocycles. The van der Waals surface area contributed by atoms with E-state index in [-0.39, 0.29) is 5.30 Å². The molecule has 0 radical (unpaired) electrons. The van der Waals surface area contributed by atoms with Crippen LogP contribution in [0.5, 0.6) is 0 Å². The lowest BCUT2D eigenvalue weighted by Crippen LogP contribution is -2.00. The summed E-state index contributed by atoms with van der Waals surface area (Å²) in [5.74, 6) is -0.633. The van der Waals surface area contributed by atoms with E-state index in [0.29, 0.717) is 0 Å². The molecule has 0 bridgehead atoms. The van der Waals surface area contributed by atoms with Crippen LogP contribution < -0.4 is 5.30 Å². The lowest BCUT2D eigenvalue weighted by molar-refractivity contribution is 0.511. The fourth-order valence-electron chi connectivity index (χ4n) is 0.607. The minimum atomic E-state index is -2.54. The first-order valence-electron chi connectivity index (χ1n) is 2.62. The second-order valence-corrected chi connectivity index (χ2v) is 2.75. The number of halogens is 1. The topological polar surface area (TPSA) is 37.3 Å². The molecule has 1 atom stereocenters. The maximum Gasteiger partial charge on any atom is 0.549 e. The predicted octanol–water partition coefficient (Wildman–Crippen LogP) is 1.19. The summed E-state index contributed by atoms with van der Waals surface area (Å²) in [6, 6.07) is 5.42. The first kappa shape index (κ1) is 7.32. The van der Waals surface area contributed by atoms with Gasteiger partial charge in [0.2, 0.25) is 0 Å². The van der Waals surface area contributed by atoms with Crippen LogP contribution in [0, 0.1) is 5.82 Å². The highest BCUT2D eigenvalue weighted by atomic mass is 31.1. The van der Waals surface area contributed by atoms with E-state index in [1.165, 1.54) is 18.2 Å². The van der Waals surface area contributed by atoms with Crippen molar-refractivity contribution in [2.75, 3.05) is 0 Å². The SMILES string of the molecule is O=[P+](O)c1ccccc1F. The number of hydrogen-bond acceptors (Lipinski definition) is 1. The molecule has 0 spiro atoms. The molecule has 52 valence electrons. The lowest BCUT2D eigenvalue weighted by atomic mass is 10.3. The van der Waals surface area contributed by atoms with Crippen LogP contribution in [0.4, 0.5) is 4.39 Å². The van der Waals surface area contributed by atoms with Crippen molar-refractivity contribution in [3.8, 4) is 0 Å². The van der Waals surface area contributed by atoms with E-state index in [2.05, 4.69) is 0 Å². The van der Waals surface area contributed by atoms with Crippen LogP contribution in [0.15, 0.2) is 24.3 Å². The molecule has 1 unspecified atom stereocenters. The molecule has 0 saturated carbocycles. The fraction of sp³-hybridized carbons (Fsp3) is 0. The van der Waals surface area contributed by atoms with Crippen LogP contribution in [0.2, 0.25) is 0 Å². The summed E-state index contributed by atoms with van der Waals surface area (Å²) in [6.45, 7) is 0. The van der Waals surface area contributed by atoms with Gasteiger partial charge in [0.1, 0.15) is 0 Å². The van der Waals surface area contributed by atoms with E-state index < -0.39 is 13.8 Å². The van der Waals surface area contributed by atoms with Gasteiger partial charge in [0, 0.05) is 0 Å². The van der Waals surface area contributed by atoms with Crippen LogP contribution in [0.1, 0.15) is 0 Å². The van der Waals surface area contributed by atoms with E-state index in [4.69, 9.17) is 4.89 Å². The molecular formula is C6H5FO2P+. The van der Waals surface area contributed by atoms with Gasteiger partial charge in [-0.15, -0.1) is 0 Å². The van der Waals surface area contributed by atoms with Gasteiger partial charge in [0.15, 0.2) is 5.82 Å². The van der Waals surface area contributed by atoms with E-state index in [9.17, 15) is 8.96 Å². The van der Waals surface area contributed by atoms with Crippen LogP contribution in [-0.4, -0.2) is 4.89 Å². The maximum atomic E-state index is 12.5. The second-order valence-electron chi connectivity index (χ2n) is 1.72. The van der Waals surface area contributed by atoms with Gasteiger partial charge in [-0.25, -0.2) is 4.39 Å². The standard InChI is InChI=1S/C6H4FO2P/c7-5-3-1-2-4-6(5)10(8)9/h1-4H/p+1. The molecule has 0 amide bonds. The molecular weight excluding hydrogens is 154 g/mol. The van der Waals surface area contributed by atoms with Gasteiger partial charge >= 0.3 is 8.03 Å². The molecule has 1 N–H and O–H groups in total. The molecule has 10 heavy (non-hydrogen) atoms. The van der Waals surface area contributed by atoms with Gasteiger partial charge in [-0.3, -0.25) is 0 Å². The molecule has 1 aromatic rings. The average molecular weight is 159 g/mol. The van der Waals surface area contributed by atoms with Crippen molar-refractivity contribution < 1.29 is 13.8 Å². The van der Waals surface area contributed by atoms with Crippen LogP contribution in [0.3, 0.4) is 0 Å². The van der Waals surface area contributed by atoms with E-state index in [0.717, 1.165) is 6.07 Å². The van der Waals surface area contributed by atoms with E-state index >= 15 is 0 Å². The predicted molar refractivity (Wildman–Crippen MR) is 35.9 cm³/mol. The third-order valence-corrected chi connectivity index (χ3v) is 1.83. The Morgan fingerprint density at radius 1 is 1.40 bits per heavy atom. The number of benzene rings is 1. The Bertz CT molecular complexity index is 262. The highest BCUT2D eigenvalue weighted by molar-refractivity contribution is 7.47. The molecule has 0 saturated heterocycles. The van der Waals surface area contributed by atoms with E-state index in [1.807, 2.05) is 0 Å². The van der Waals surface area contributed by atoms with Gasteiger partial charge in [-0.1, -0.05) is 12.1 Å². The quantitative estimate of drug-likeness (QED) is 0.625. The van der Waals surface area contributed by atoms with Crippen molar-refractivity contribution in [1.82, 2.24) is 0 Å². The Hall–Kier alpha value is -0.790. The summed E-state index contributed by atoms with van der Waals surface area (Å²) in [7, 11) is -2.54. The molecule has 0 aliphatic rings. The highest BCUT2D eigenvalue weighted by Gasteiger charge is 2.20. The minimum Gasteiger partial charge on any atom is -0.202 e. The van der Waals surface area contributed by atoms with Gasteiger partial charge < -0.3 is 0 Å². The van der Waals surface area contributed by atoms with Gasteiger partial charge in [-0.05, 0) is 16.7 Å². The van der Waals surface area contributed by atoms with Crippen LogP contribution >= 0.6 is 8.03 Å². The summed E-state index contributed by atoms with van der Waals surface area (Å²) in [5.41, 5.74) is 0. The third-order valence-electron chi connectivity index (χ3n) is 1.06. The summed E-state index contributed by atoms with van der Waals surface area (Å²) in [6.07, 6.45) is 0. The van der Waals surface area contributed by atoms with Crippen molar-refractivity contribution in [1.29, 1.82) is 0 Å². The Balaban J connectivity index is 3.15. The Kier molecular flexibility index (Phi) is 2.10. The van der Waals surface area contributed by atoms with Gasteiger partial charge in [0.25, 0.3) is 5.30 Å². The molecule has 0 aliphatic heterocycles. The van der Waals surface area contributed by atoms with Gasteiger partial charge in [-0.2, -0.15) is 4.89 Å². The Morgan fingerprint density at radius 2 is 2.00 bits per heavy atom. The molecule has 1 aromatic carbocycles. The van der Waals surface area contributed by atoms with Gasteiger partial charge in [0.05, 0.1) is 0 Å². The van der Waals surface area contributed by atoms with Crippen molar-refractivity contribution in [3.05, 3.63) is 30.1 Å². The zero-order chi connectivity index (χ0) is 7.56. The molecule has 1 rings (SSSR count). The Labute approximate surface area is 58.2 Å².